The summed E-state index contributed by atoms with van der Waals surface area (Å²) in [7, 11) is 0. The highest BCUT2D eigenvalue weighted by molar-refractivity contribution is 5.99. The van der Waals surface area contributed by atoms with Crippen LogP contribution in [0.15, 0.2) is 29.2 Å². The number of ether oxygens (including phenoxy) is 3. The molecule has 0 aliphatic carbocycles. The lowest BCUT2D eigenvalue weighted by molar-refractivity contribution is -0.00254. The van der Waals surface area contributed by atoms with Crippen LogP contribution in [0, 0.1) is 11.6 Å². The van der Waals surface area contributed by atoms with Gasteiger partial charge in [0.15, 0.2) is 5.69 Å². The molecule has 2 N–H and O–H groups in total. The first-order valence-electron chi connectivity index (χ1n) is 12.4. The van der Waals surface area contributed by atoms with Crippen molar-refractivity contribution in [1.29, 1.82) is 0 Å². The number of rotatable bonds is 8. The van der Waals surface area contributed by atoms with Gasteiger partial charge in [-0.2, -0.15) is 0 Å². The third kappa shape index (κ3) is 5.16. The van der Waals surface area contributed by atoms with Crippen molar-refractivity contribution in [2.45, 2.75) is 38.1 Å². The van der Waals surface area contributed by atoms with E-state index in [4.69, 9.17) is 14.6 Å². The second-order valence-corrected chi connectivity index (χ2v) is 9.32. The predicted octanol–water partition coefficient (Wildman–Crippen LogP) is 0.798. The van der Waals surface area contributed by atoms with Crippen molar-refractivity contribution in [3.05, 3.63) is 63.1 Å². The van der Waals surface area contributed by atoms with Crippen LogP contribution in [0.25, 0.3) is 0 Å². The highest BCUT2D eigenvalue weighted by Crippen LogP contribution is 2.35. The molecule has 208 valence electrons. The molecule has 2 fully saturated rings. The van der Waals surface area contributed by atoms with Crippen molar-refractivity contribution < 1.29 is 42.5 Å². The van der Waals surface area contributed by atoms with E-state index in [2.05, 4.69) is 15.0 Å². The first-order chi connectivity index (χ1) is 18.8. The van der Waals surface area contributed by atoms with Gasteiger partial charge in [0.1, 0.15) is 30.0 Å². The summed E-state index contributed by atoms with van der Waals surface area (Å²) in [4.78, 5) is 55.4. The number of aromatic nitrogens is 1. The molecule has 2 amide bonds. The Morgan fingerprint density at radius 2 is 1.97 bits per heavy atom. The minimum Gasteiger partial charge on any atom is -0.451 e. The Morgan fingerprint density at radius 1 is 1.15 bits per heavy atom. The molecule has 1 aromatic heterocycles. The first kappa shape index (κ1) is 26.6. The van der Waals surface area contributed by atoms with E-state index < -0.39 is 54.2 Å². The maximum Gasteiger partial charge on any atom is 0.511 e. The summed E-state index contributed by atoms with van der Waals surface area (Å²) in [5.74, 6) is -3.45. The fourth-order valence-electron chi connectivity index (χ4n) is 5.25. The van der Waals surface area contributed by atoms with Crippen LogP contribution in [0.2, 0.25) is 0 Å². The van der Waals surface area contributed by atoms with Gasteiger partial charge in [-0.1, -0.05) is 6.07 Å². The molecule has 2 aromatic rings. The molecule has 0 spiro atoms. The van der Waals surface area contributed by atoms with Crippen LogP contribution in [0.3, 0.4) is 0 Å². The quantitative estimate of drug-likeness (QED) is 0.362. The number of nitrogens with one attached hydrogen (secondary N) is 1. The molecular formula is C25H26F2N4O8. The number of nitrogens with zero attached hydrogens (tertiary/aromatic N) is 3. The van der Waals surface area contributed by atoms with Crippen LogP contribution in [-0.4, -0.2) is 82.7 Å². The molecule has 12 nitrogen and oxygen atoms in total. The second-order valence-electron chi connectivity index (χ2n) is 9.32. The number of fused-ring (bicyclic) bond motifs is 4. The molecule has 3 aliphatic heterocycles. The SMILES string of the molecule is O=C(OCCO)OCOc1c2n(cc(C(=O)NCc3ccc(F)cc3F)c1=O)C[C@@H]1N(C[C@H]3CCCN31)C2=O. The summed E-state index contributed by atoms with van der Waals surface area (Å²) in [6, 6.07) is 3.09. The summed E-state index contributed by atoms with van der Waals surface area (Å²) >= 11 is 0. The first-order valence-corrected chi connectivity index (χ1v) is 12.4. The number of halogens is 2. The number of carbonyl (C=O) groups is 3. The van der Waals surface area contributed by atoms with Gasteiger partial charge in [0.2, 0.25) is 18.0 Å². The van der Waals surface area contributed by atoms with Crippen LogP contribution in [0.5, 0.6) is 5.75 Å². The number of aliphatic hydroxyl groups is 1. The zero-order chi connectivity index (χ0) is 27.7. The number of aliphatic hydroxyl groups excluding tert-OH is 1. The summed E-state index contributed by atoms with van der Waals surface area (Å²) in [5, 5.41) is 11.2. The fraction of sp³-hybridized carbons (Fsp3) is 0.440. The number of benzene rings is 1. The molecule has 14 heteroatoms. The number of pyridine rings is 1. The van der Waals surface area contributed by atoms with Gasteiger partial charge >= 0.3 is 6.16 Å². The Morgan fingerprint density at radius 3 is 2.74 bits per heavy atom. The van der Waals surface area contributed by atoms with Crippen molar-refractivity contribution in [1.82, 2.24) is 19.7 Å². The van der Waals surface area contributed by atoms with Gasteiger partial charge in [0.25, 0.3) is 11.8 Å². The molecule has 5 rings (SSSR count). The van der Waals surface area contributed by atoms with Crippen molar-refractivity contribution in [3.63, 3.8) is 0 Å². The van der Waals surface area contributed by atoms with Crippen LogP contribution < -0.4 is 15.5 Å². The normalized spacial score (nSPS) is 19.8. The summed E-state index contributed by atoms with van der Waals surface area (Å²) < 4.78 is 43.5. The number of carbonyl (C=O) groups excluding carboxylic acids is 3. The molecule has 0 radical (unpaired) electrons. The van der Waals surface area contributed by atoms with E-state index in [-0.39, 0.29) is 48.7 Å². The van der Waals surface area contributed by atoms with Crippen LogP contribution in [0.1, 0.15) is 39.3 Å². The van der Waals surface area contributed by atoms with E-state index in [1.165, 1.54) is 16.8 Å². The zero-order valence-corrected chi connectivity index (χ0v) is 20.7. The lowest BCUT2D eigenvalue weighted by atomic mass is 10.1. The highest BCUT2D eigenvalue weighted by atomic mass is 19.1. The maximum absolute atomic E-state index is 14.0. The number of hydrogen-bond donors (Lipinski definition) is 2. The lowest BCUT2D eigenvalue weighted by Crippen LogP contribution is -2.50. The Bertz CT molecular complexity index is 1370. The minimum absolute atomic E-state index is 0.00549. The average molecular weight is 548 g/mol. The summed E-state index contributed by atoms with van der Waals surface area (Å²) in [6.07, 6.45) is 1.78. The van der Waals surface area contributed by atoms with E-state index in [1.54, 1.807) is 4.90 Å². The van der Waals surface area contributed by atoms with Crippen LogP contribution >= 0.6 is 0 Å². The fourth-order valence-corrected chi connectivity index (χ4v) is 5.25. The molecule has 0 unspecified atom stereocenters. The molecule has 4 heterocycles. The van der Waals surface area contributed by atoms with E-state index in [1.807, 2.05) is 0 Å². The zero-order valence-electron chi connectivity index (χ0n) is 20.7. The molecule has 0 saturated carbocycles. The van der Waals surface area contributed by atoms with Gasteiger partial charge in [0, 0.05) is 43.5 Å². The monoisotopic (exact) mass is 548 g/mol. The van der Waals surface area contributed by atoms with Gasteiger partial charge in [-0.3, -0.25) is 19.3 Å². The Balaban J connectivity index is 1.43. The highest BCUT2D eigenvalue weighted by Gasteiger charge is 2.48. The Labute approximate surface area is 220 Å². The Kier molecular flexibility index (Phi) is 7.48. The van der Waals surface area contributed by atoms with Gasteiger partial charge in [-0.05, 0) is 18.9 Å². The Hall–Kier alpha value is -4.04. The molecule has 3 aliphatic rings. The standard InChI is InChI=1S/C25H26F2N4O8/c26-15-4-3-14(18(27)8-15)9-28-23(34)17-11-29-12-19-30-5-1-2-16(30)10-31(19)24(35)20(29)22(21(17)33)38-13-39-25(36)37-7-6-32/h3-4,8,11,16,19,32H,1-2,5-7,9-10,12-13H2,(H,28,34)/t16-,19+/m1/s1. The van der Waals surface area contributed by atoms with Gasteiger partial charge < -0.3 is 34.1 Å². The molecule has 2 saturated heterocycles. The van der Waals surface area contributed by atoms with Crippen LogP contribution in [-0.2, 0) is 22.6 Å². The molecule has 39 heavy (non-hydrogen) atoms. The van der Waals surface area contributed by atoms with Crippen molar-refractivity contribution in [2.24, 2.45) is 0 Å². The smallest absolute Gasteiger partial charge is 0.451 e. The third-order valence-corrected chi connectivity index (χ3v) is 7.02. The van der Waals surface area contributed by atoms with E-state index in [9.17, 15) is 28.0 Å². The maximum atomic E-state index is 14.0. The molecule has 2 atom stereocenters. The van der Waals surface area contributed by atoms with Crippen molar-refractivity contribution >= 4 is 18.0 Å². The van der Waals surface area contributed by atoms with Crippen molar-refractivity contribution in [2.75, 3.05) is 33.1 Å². The summed E-state index contributed by atoms with van der Waals surface area (Å²) in [6.45, 7) is -0.288. The van der Waals surface area contributed by atoms with Gasteiger partial charge in [-0.25, -0.2) is 13.6 Å². The number of hydrogen-bond acceptors (Lipinski definition) is 9. The predicted molar refractivity (Wildman–Crippen MR) is 128 cm³/mol. The lowest BCUT2D eigenvalue weighted by Gasteiger charge is -2.36. The second kappa shape index (κ2) is 11.0. The van der Waals surface area contributed by atoms with Gasteiger partial charge in [-0.15, -0.1) is 0 Å². The van der Waals surface area contributed by atoms with E-state index in [0.29, 0.717) is 12.6 Å². The van der Waals surface area contributed by atoms with Gasteiger partial charge in [0.05, 0.1) is 13.2 Å². The van der Waals surface area contributed by atoms with Crippen LogP contribution in [0.4, 0.5) is 13.6 Å². The molecule has 1 aromatic carbocycles. The minimum atomic E-state index is -1.17. The largest absolute Gasteiger partial charge is 0.511 e. The van der Waals surface area contributed by atoms with E-state index >= 15 is 0 Å². The van der Waals surface area contributed by atoms with Crippen molar-refractivity contribution in [3.8, 4) is 5.75 Å². The van der Waals surface area contributed by atoms with E-state index in [0.717, 1.165) is 25.5 Å². The number of amides is 2. The summed E-state index contributed by atoms with van der Waals surface area (Å²) in [5.41, 5.74) is -1.40. The molecule has 0 bridgehead atoms. The topological polar surface area (TPSA) is 140 Å². The third-order valence-electron chi connectivity index (χ3n) is 7.02. The molecular weight excluding hydrogens is 522 g/mol. The average Bonchev–Trinajstić information content (AvgIpc) is 3.50.